The van der Waals surface area contributed by atoms with Crippen LogP contribution in [0.5, 0.6) is 0 Å². The van der Waals surface area contributed by atoms with Crippen LogP contribution in [0.1, 0.15) is 18.6 Å². The summed E-state index contributed by atoms with van der Waals surface area (Å²) in [5, 5.41) is 2.07. The SMILES string of the molecule is C=C/C=C\C(=C/C)c1nc(-c2ccccc2)nc(-c2cccc(-c3ccc4oc5ccc(-c6cccc(-c7nc(C)nc(-c8ccccc8)n7)c6)cc5c4c3)c2)n1. The summed E-state index contributed by atoms with van der Waals surface area (Å²) in [6.07, 6.45) is 7.58. The van der Waals surface area contributed by atoms with Crippen molar-refractivity contribution < 1.29 is 4.42 Å². The highest BCUT2D eigenvalue weighted by atomic mass is 16.3. The predicted octanol–water partition coefficient (Wildman–Crippen LogP) is 12.4. The van der Waals surface area contributed by atoms with E-state index >= 15 is 0 Å². The molecule has 0 aliphatic carbocycles. The third kappa shape index (κ3) is 7.17. The van der Waals surface area contributed by atoms with Gasteiger partial charge in [0.1, 0.15) is 17.0 Å². The van der Waals surface area contributed by atoms with Crippen molar-refractivity contribution in [2.24, 2.45) is 0 Å². The van der Waals surface area contributed by atoms with Crippen LogP contribution in [0.25, 0.3) is 95.3 Å². The normalized spacial score (nSPS) is 11.8. The quantitative estimate of drug-likeness (QED) is 0.136. The van der Waals surface area contributed by atoms with Gasteiger partial charge in [-0.25, -0.2) is 29.9 Å². The van der Waals surface area contributed by atoms with Gasteiger partial charge in [0.15, 0.2) is 29.1 Å². The molecular formula is C50H36N6O. The summed E-state index contributed by atoms with van der Waals surface area (Å²) in [6, 6.07) is 49.3. The van der Waals surface area contributed by atoms with Gasteiger partial charge < -0.3 is 4.42 Å². The molecular weight excluding hydrogens is 701 g/mol. The van der Waals surface area contributed by atoms with E-state index in [2.05, 4.69) is 60.1 Å². The molecule has 7 nitrogen and oxygen atoms in total. The Morgan fingerprint density at radius 1 is 0.474 bits per heavy atom. The molecule has 57 heavy (non-hydrogen) atoms. The van der Waals surface area contributed by atoms with E-state index in [1.807, 2.05) is 129 Å². The highest BCUT2D eigenvalue weighted by Crippen LogP contribution is 2.36. The molecule has 7 heteroatoms. The molecule has 0 unspecified atom stereocenters. The first-order valence-corrected chi connectivity index (χ1v) is 18.8. The number of nitrogens with zero attached hydrogens (tertiary/aromatic N) is 6. The molecule has 0 bridgehead atoms. The molecule has 0 fully saturated rings. The Bertz CT molecular complexity index is 3000. The number of aryl methyl sites for hydroxylation is 1. The van der Waals surface area contributed by atoms with Gasteiger partial charge in [0, 0.05) is 38.6 Å². The van der Waals surface area contributed by atoms with Crippen molar-refractivity contribution >= 4 is 27.5 Å². The molecule has 0 atom stereocenters. The van der Waals surface area contributed by atoms with E-state index in [0.717, 1.165) is 72.0 Å². The molecule has 0 saturated heterocycles. The molecule has 0 N–H and O–H groups in total. The lowest BCUT2D eigenvalue weighted by Crippen LogP contribution is -2.02. The molecule has 0 aliphatic heterocycles. The highest BCUT2D eigenvalue weighted by molar-refractivity contribution is 6.07. The molecule has 9 rings (SSSR count). The van der Waals surface area contributed by atoms with Gasteiger partial charge in [-0.05, 0) is 72.5 Å². The summed E-state index contributed by atoms with van der Waals surface area (Å²) < 4.78 is 6.35. The molecule has 0 aliphatic rings. The molecule has 3 heterocycles. The Kier molecular flexibility index (Phi) is 9.38. The van der Waals surface area contributed by atoms with Crippen molar-refractivity contribution in [3.8, 4) is 67.8 Å². The summed E-state index contributed by atoms with van der Waals surface area (Å²) in [5.74, 6) is 3.77. The van der Waals surface area contributed by atoms with Crippen LogP contribution >= 0.6 is 0 Å². The second kappa shape index (κ2) is 15.2. The van der Waals surface area contributed by atoms with Crippen LogP contribution in [0.4, 0.5) is 0 Å². The van der Waals surface area contributed by atoms with Crippen LogP contribution in [0.2, 0.25) is 0 Å². The minimum atomic E-state index is 0.595. The third-order valence-electron chi connectivity index (χ3n) is 9.81. The van der Waals surface area contributed by atoms with Crippen LogP contribution in [0.15, 0.2) is 181 Å². The van der Waals surface area contributed by atoms with E-state index in [9.17, 15) is 0 Å². The lowest BCUT2D eigenvalue weighted by molar-refractivity contribution is 0.669. The number of benzene rings is 6. The standard InChI is InChI=1S/C50H36N6O/c1-4-6-15-33(5-2)46-53-48(35-18-11-8-12-19-35)56-50(54-46)41-23-14-21-37(29-41)39-25-27-45-43(31-39)42-30-38(24-26-44(42)57-45)36-20-13-22-40(28-36)49-52-32(3)51-47(55-49)34-16-9-7-10-17-34/h4-31H,1H2,2-3H3/b15-6-,33-5+. The van der Waals surface area contributed by atoms with Crippen LogP contribution in [-0.2, 0) is 0 Å². The average Bonchev–Trinajstić information content (AvgIpc) is 3.64. The molecule has 9 aromatic rings. The predicted molar refractivity (Wildman–Crippen MR) is 231 cm³/mol. The minimum absolute atomic E-state index is 0.595. The maximum atomic E-state index is 6.35. The van der Waals surface area contributed by atoms with E-state index in [0.29, 0.717) is 34.9 Å². The molecule has 0 spiro atoms. The zero-order valence-electron chi connectivity index (χ0n) is 31.5. The Morgan fingerprint density at radius 2 is 0.912 bits per heavy atom. The van der Waals surface area contributed by atoms with Crippen molar-refractivity contribution in [2.45, 2.75) is 13.8 Å². The van der Waals surface area contributed by atoms with E-state index in [4.69, 9.17) is 29.3 Å². The van der Waals surface area contributed by atoms with E-state index in [-0.39, 0.29) is 0 Å². The molecule has 272 valence electrons. The second-order valence-electron chi connectivity index (χ2n) is 13.6. The van der Waals surface area contributed by atoms with Gasteiger partial charge in [-0.2, -0.15) is 0 Å². The Balaban J connectivity index is 1.08. The maximum Gasteiger partial charge on any atom is 0.164 e. The van der Waals surface area contributed by atoms with Gasteiger partial charge >= 0.3 is 0 Å². The van der Waals surface area contributed by atoms with E-state index in [1.165, 1.54) is 0 Å². The maximum absolute atomic E-state index is 6.35. The minimum Gasteiger partial charge on any atom is -0.456 e. The number of allylic oxidation sites excluding steroid dienone is 5. The van der Waals surface area contributed by atoms with Crippen LogP contribution < -0.4 is 0 Å². The summed E-state index contributed by atoms with van der Waals surface area (Å²) in [7, 11) is 0. The topological polar surface area (TPSA) is 90.5 Å². The van der Waals surface area contributed by atoms with Crippen LogP contribution in [0.3, 0.4) is 0 Å². The largest absolute Gasteiger partial charge is 0.456 e. The van der Waals surface area contributed by atoms with Crippen LogP contribution in [0, 0.1) is 6.92 Å². The van der Waals surface area contributed by atoms with Gasteiger partial charge in [0.05, 0.1) is 0 Å². The van der Waals surface area contributed by atoms with Crippen molar-refractivity contribution in [2.75, 3.05) is 0 Å². The van der Waals surface area contributed by atoms with Gasteiger partial charge in [-0.3, -0.25) is 0 Å². The smallest absolute Gasteiger partial charge is 0.164 e. The number of aromatic nitrogens is 6. The van der Waals surface area contributed by atoms with Crippen molar-refractivity contribution in [1.82, 2.24) is 29.9 Å². The zero-order valence-corrected chi connectivity index (χ0v) is 31.5. The lowest BCUT2D eigenvalue weighted by Gasteiger charge is -2.10. The fourth-order valence-electron chi connectivity index (χ4n) is 6.96. The average molecular weight is 737 g/mol. The first kappa shape index (κ1) is 35.1. The van der Waals surface area contributed by atoms with E-state index in [1.54, 1.807) is 6.08 Å². The summed E-state index contributed by atoms with van der Waals surface area (Å²) in [5.41, 5.74) is 10.4. The van der Waals surface area contributed by atoms with Crippen LogP contribution in [-0.4, -0.2) is 29.9 Å². The van der Waals surface area contributed by atoms with Gasteiger partial charge in [-0.15, -0.1) is 0 Å². The van der Waals surface area contributed by atoms with Crippen molar-refractivity contribution in [3.05, 3.63) is 188 Å². The van der Waals surface area contributed by atoms with Gasteiger partial charge in [0.2, 0.25) is 0 Å². The zero-order chi connectivity index (χ0) is 38.7. The van der Waals surface area contributed by atoms with E-state index < -0.39 is 0 Å². The Hall–Kier alpha value is -7.64. The number of rotatable bonds is 9. The number of hydrogen-bond acceptors (Lipinski definition) is 7. The fraction of sp³-hybridized carbons (Fsp3) is 0.0400. The fourth-order valence-corrected chi connectivity index (χ4v) is 6.96. The molecule has 0 radical (unpaired) electrons. The Labute approximate surface area is 330 Å². The highest BCUT2D eigenvalue weighted by Gasteiger charge is 2.16. The number of fused-ring (bicyclic) bond motifs is 3. The second-order valence-corrected chi connectivity index (χ2v) is 13.6. The summed E-state index contributed by atoms with van der Waals surface area (Å²) >= 11 is 0. The monoisotopic (exact) mass is 736 g/mol. The van der Waals surface area contributed by atoms with Crippen molar-refractivity contribution in [3.63, 3.8) is 0 Å². The summed E-state index contributed by atoms with van der Waals surface area (Å²) in [4.78, 5) is 28.9. The first-order valence-electron chi connectivity index (χ1n) is 18.8. The third-order valence-corrected chi connectivity index (χ3v) is 9.81. The van der Waals surface area contributed by atoms with Gasteiger partial charge in [0.25, 0.3) is 0 Å². The molecule has 3 aromatic heterocycles. The summed E-state index contributed by atoms with van der Waals surface area (Å²) in [6.45, 7) is 7.71. The number of hydrogen-bond donors (Lipinski definition) is 0. The van der Waals surface area contributed by atoms with Gasteiger partial charge in [-0.1, -0.05) is 140 Å². The van der Waals surface area contributed by atoms with Crippen molar-refractivity contribution in [1.29, 1.82) is 0 Å². The lowest BCUT2D eigenvalue weighted by atomic mass is 9.98. The number of furan rings is 1. The molecule has 0 amide bonds. The molecule has 0 saturated carbocycles. The Morgan fingerprint density at radius 3 is 1.42 bits per heavy atom. The molecule has 6 aromatic carbocycles. The first-order chi connectivity index (χ1) is 28.0.